The van der Waals surface area contributed by atoms with E-state index in [0.29, 0.717) is 0 Å². The molecule has 1 aromatic heterocycles. The maximum Gasteiger partial charge on any atom is 0.191 e. The summed E-state index contributed by atoms with van der Waals surface area (Å²) in [6.07, 6.45) is 2.79. The third kappa shape index (κ3) is 5.59. The highest BCUT2D eigenvalue weighted by atomic mass is 127. The first-order chi connectivity index (χ1) is 12.9. The predicted molar refractivity (Wildman–Crippen MR) is 128 cm³/mol. The van der Waals surface area contributed by atoms with Crippen molar-refractivity contribution in [1.82, 2.24) is 15.6 Å². The van der Waals surface area contributed by atoms with Crippen LogP contribution in [0.5, 0.6) is 5.75 Å². The van der Waals surface area contributed by atoms with Gasteiger partial charge in [-0.15, -0.1) is 35.3 Å². The van der Waals surface area contributed by atoms with Gasteiger partial charge in [-0.25, -0.2) is 4.98 Å². The van der Waals surface area contributed by atoms with Crippen LogP contribution in [0.4, 0.5) is 0 Å². The lowest BCUT2D eigenvalue weighted by Gasteiger charge is -2.38. The van der Waals surface area contributed by atoms with Crippen LogP contribution < -0.4 is 15.4 Å². The Labute approximate surface area is 189 Å². The zero-order valence-corrected chi connectivity index (χ0v) is 20.5. The summed E-state index contributed by atoms with van der Waals surface area (Å²) in [4.78, 5) is 10.5. The number of nitrogens with zero attached hydrogens (tertiary/aromatic N) is 2. The average Bonchev–Trinajstić information content (AvgIpc) is 2.99. The van der Waals surface area contributed by atoms with E-state index in [1.165, 1.54) is 21.1 Å². The summed E-state index contributed by atoms with van der Waals surface area (Å²) >= 11 is 1.80. The number of thiazole rings is 1. The molecule has 2 N–H and O–H groups in total. The molecule has 3 rings (SSSR count). The number of hydrogen-bond acceptors (Lipinski definition) is 4. The highest BCUT2D eigenvalue weighted by Crippen LogP contribution is 2.39. The molecule has 5 nitrogen and oxygen atoms in total. The summed E-state index contributed by atoms with van der Waals surface area (Å²) in [5.74, 6) is 1.77. The minimum Gasteiger partial charge on any atom is -0.487 e. The zero-order chi connectivity index (χ0) is 19.4. The number of aryl methyl sites for hydroxylation is 2. The van der Waals surface area contributed by atoms with E-state index >= 15 is 0 Å². The van der Waals surface area contributed by atoms with Crippen molar-refractivity contribution in [2.45, 2.75) is 58.6 Å². The van der Waals surface area contributed by atoms with Crippen molar-refractivity contribution in [3.63, 3.8) is 0 Å². The molecule has 2 aromatic rings. The molecule has 0 bridgehead atoms. The lowest BCUT2D eigenvalue weighted by Crippen LogP contribution is -2.45. The minimum atomic E-state index is -0.208. The van der Waals surface area contributed by atoms with Crippen LogP contribution in [-0.4, -0.2) is 30.1 Å². The smallest absolute Gasteiger partial charge is 0.191 e. The molecule has 154 valence electrons. The first-order valence-electron chi connectivity index (χ1n) is 9.62. The fourth-order valence-corrected chi connectivity index (χ4v) is 4.52. The summed E-state index contributed by atoms with van der Waals surface area (Å²) in [6, 6.07) is 8.41. The van der Waals surface area contributed by atoms with Crippen molar-refractivity contribution in [2.24, 2.45) is 4.99 Å². The van der Waals surface area contributed by atoms with E-state index in [1.54, 1.807) is 11.3 Å². The number of rotatable bonds is 5. The number of guanidine groups is 1. The molecule has 0 saturated carbocycles. The van der Waals surface area contributed by atoms with Crippen LogP contribution in [0.3, 0.4) is 0 Å². The van der Waals surface area contributed by atoms with Gasteiger partial charge in [0.25, 0.3) is 0 Å². The number of aromatic nitrogens is 1. The van der Waals surface area contributed by atoms with Gasteiger partial charge in [0.15, 0.2) is 5.96 Å². The molecular formula is C21H31IN4OS. The average molecular weight is 514 g/mol. The number of hydrogen-bond donors (Lipinski definition) is 2. The van der Waals surface area contributed by atoms with Crippen molar-refractivity contribution >= 4 is 41.3 Å². The van der Waals surface area contributed by atoms with E-state index in [4.69, 9.17) is 9.72 Å². The highest BCUT2D eigenvalue weighted by molar-refractivity contribution is 14.0. The second kappa shape index (κ2) is 9.91. The van der Waals surface area contributed by atoms with Crippen molar-refractivity contribution < 1.29 is 4.74 Å². The number of fused-ring (bicyclic) bond motifs is 1. The molecule has 1 aromatic carbocycles. The summed E-state index contributed by atoms with van der Waals surface area (Å²) in [7, 11) is 1.81. The van der Waals surface area contributed by atoms with Gasteiger partial charge in [0.1, 0.15) is 11.4 Å². The molecule has 0 radical (unpaired) electrons. The Hall–Kier alpha value is -1.35. The van der Waals surface area contributed by atoms with Crippen LogP contribution in [0, 0.1) is 6.92 Å². The fourth-order valence-electron chi connectivity index (χ4n) is 3.50. The van der Waals surface area contributed by atoms with Gasteiger partial charge in [0, 0.05) is 36.9 Å². The Morgan fingerprint density at radius 1 is 1.36 bits per heavy atom. The molecule has 0 spiro atoms. The van der Waals surface area contributed by atoms with Crippen molar-refractivity contribution in [3.8, 4) is 5.75 Å². The van der Waals surface area contributed by atoms with Gasteiger partial charge < -0.3 is 15.4 Å². The standard InChI is InChI=1S/C21H30N4OS.HI/c1-6-16-14(2)27-19(24-16)11-12-23-20(22-5)25-17-13-21(3,4)26-18-10-8-7-9-15(17)18;/h7-10,17H,6,11-13H2,1-5H3,(H2,22,23,25);1H. The third-order valence-corrected chi connectivity index (χ3v) is 5.89. The van der Waals surface area contributed by atoms with Crippen molar-refractivity contribution in [3.05, 3.63) is 45.4 Å². The van der Waals surface area contributed by atoms with E-state index in [-0.39, 0.29) is 35.6 Å². The minimum absolute atomic E-state index is 0. The van der Waals surface area contributed by atoms with Crippen LogP contribution in [0.2, 0.25) is 0 Å². The second-order valence-electron chi connectivity index (χ2n) is 7.51. The van der Waals surface area contributed by atoms with Crippen LogP contribution in [0.15, 0.2) is 29.3 Å². The number of benzene rings is 1. The quantitative estimate of drug-likeness (QED) is 0.347. The number of halogens is 1. The van der Waals surface area contributed by atoms with E-state index in [9.17, 15) is 0 Å². The number of nitrogens with one attached hydrogen (secondary N) is 2. The summed E-state index contributed by atoms with van der Waals surface area (Å²) in [6.45, 7) is 9.37. The van der Waals surface area contributed by atoms with Crippen LogP contribution in [0.1, 0.15) is 54.4 Å². The molecule has 28 heavy (non-hydrogen) atoms. The van der Waals surface area contributed by atoms with Gasteiger partial charge in [0.05, 0.1) is 16.7 Å². The second-order valence-corrected chi connectivity index (χ2v) is 8.80. The summed E-state index contributed by atoms with van der Waals surface area (Å²) in [5.41, 5.74) is 2.20. The van der Waals surface area contributed by atoms with E-state index in [0.717, 1.165) is 37.5 Å². The zero-order valence-electron chi connectivity index (χ0n) is 17.3. The Balaban J connectivity index is 0.00000280. The lowest BCUT2D eigenvalue weighted by atomic mass is 9.90. The first kappa shape index (κ1) is 22.9. The molecule has 1 aliphatic rings. The molecule has 2 heterocycles. The number of para-hydroxylation sites is 1. The maximum atomic E-state index is 6.12. The van der Waals surface area contributed by atoms with Crippen molar-refractivity contribution in [2.75, 3.05) is 13.6 Å². The van der Waals surface area contributed by atoms with Gasteiger partial charge in [0.2, 0.25) is 0 Å². The largest absolute Gasteiger partial charge is 0.487 e. The Bertz CT molecular complexity index is 818. The van der Waals surface area contributed by atoms with Gasteiger partial charge in [-0.2, -0.15) is 0 Å². The topological polar surface area (TPSA) is 58.5 Å². The normalized spacial score (nSPS) is 17.9. The monoisotopic (exact) mass is 514 g/mol. The third-order valence-electron chi connectivity index (χ3n) is 4.81. The molecule has 1 aliphatic heterocycles. The van der Waals surface area contributed by atoms with Gasteiger partial charge in [-0.3, -0.25) is 4.99 Å². The van der Waals surface area contributed by atoms with Gasteiger partial charge in [-0.05, 0) is 33.3 Å². The Morgan fingerprint density at radius 3 is 2.79 bits per heavy atom. The van der Waals surface area contributed by atoms with Crippen LogP contribution >= 0.6 is 35.3 Å². The lowest BCUT2D eigenvalue weighted by molar-refractivity contribution is 0.0694. The Morgan fingerprint density at radius 2 is 2.11 bits per heavy atom. The molecule has 1 atom stereocenters. The van der Waals surface area contributed by atoms with Crippen LogP contribution in [0.25, 0.3) is 0 Å². The fraction of sp³-hybridized carbons (Fsp3) is 0.524. The molecule has 1 unspecified atom stereocenters. The molecule has 0 amide bonds. The van der Waals surface area contributed by atoms with Crippen LogP contribution in [-0.2, 0) is 12.8 Å². The molecule has 0 saturated heterocycles. The summed E-state index contributed by atoms with van der Waals surface area (Å²) in [5, 5.41) is 8.19. The first-order valence-corrected chi connectivity index (χ1v) is 10.4. The van der Waals surface area contributed by atoms with E-state index in [1.807, 2.05) is 19.2 Å². The predicted octanol–water partition coefficient (Wildman–Crippen LogP) is 4.64. The number of aliphatic imine (C=N–C) groups is 1. The Kier molecular flexibility index (Phi) is 8.12. The van der Waals surface area contributed by atoms with Gasteiger partial charge >= 0.3 is 0 Å². The van der Waals surface area contributed by atoms with Gasteiger partial charge in [-0.1, -0.05) is 25.1 Å². The summed E-state index contributed by atoms with van der Waals surface area (Å²) < 4.78 is 6.12. The molecule has 0 fully saturated rings. The van der Waals surface area contributed by atoms with E-state index in [2.05, 4.69) is 55.5 Å². The molecular weight excluding hydrogens is 483 g/mol. The molecule has 7 heteroatoms. The molecule has 0 aliphatic carbocycles. The SMILES string of the molecule is CCc1nc(CCNC(=NC)NC2CC(C)(C)Oc3ccccc32)sc1C.I. The number of ether oxygens (including phenoxy) is 1. The van der Waals surface area contributed by atoms with E-state index < -0.39 is 0 Å². The maximum absolute atomic E-state index is 6.12. The highest BCUT2D eigenvalue weighted by Gasteiger charge is 2.33. The van der Waals surface area contributed by atoms with Crippen molar-refractivity contribution in [1.29, 1.82) is 0 Å².